The lowest BCUT2D eigenvalue weighted by atomic mass is 10.1. The quantitative estimate of drug-likeness (QED) is 0.281. The van der Waals surface area contributed by atoms with E-state index in [9.17, 15) is 5.21 Å². The summed E-state index contributed by atoms with van der Waals surface area (Å²) >= 11 is 0. The van der Waals surface area contributed by atoms with Crippen LogP contribution >= 0.6 is 0 Å². The first-order valence-corrected chi connectivity index (χ1v) is 9.66. The molecule has 0 fully saturated rings. The smallest absolute Gasteiger partial charge is 0.0238 e. The van der Waals surface area contributed by atoms with Gasteiger partial charge in [0.25, 0.3) is 0 Å². The number of rotatable bonds is 14. The molecule has 0 radical (unpaired) electrons. The van der Waals surface area contributed by atoms with Crippen molar-refractivity contribution in [3.8, 4) is 0 Å². The van der Waals surface area contributed by atoms with Crippen molar-refractivity contribution in [2.24, 2.45) is 0 Å². The molecule has 0 amide bonds. The Bertz CT molecular complexity index is 146. The van der Waals surface area contributed by atoms with E-state index in [0.717, 1.165) is 25.9 Å². The summed E-state index contributed by atoms with van der Waals surface area (Å²) in [7, 11) is 0. The summed E-state index contributed by atoms with van der Waals surface area (Å²) in [6.45, 7) is 10.5. The second-order valence-electron chi connectivity index (χ2n) is 6.20. The minimum atomic E-state index is 0.862. The van der Waals surface area contributed by atoms with E-state index in [4.69, 9.17) is 0 Å². The van der Waals surface area contributed by atoms with E-state index in [1.54, 1.807) is 0 Å². The van der Waals surface area contributed by atoms with Crippen LogP contribution in [0.25, 0.3) is 0 Å². The molecule has 2 heteroatoms. The SMILES string of the molecule is CCC.CCCCCCCCN(O)CCCCCCCC. The Morgan fingerprint density at radius 3 is 1.14 bits per heavy atom. The molecule has 0 aromatic carbocycles. The van der Waals surface area contributed by atoms with Crippen molar-refractivity contribution >= 4 is 0 Å². The normalized spacial score (nSPS) is 10.6. The molecule has 0 heterocycles. The van der Waals surface area contributed by atoms with Crippen molar-refractivity contribution in [1.82, 2.24) is 5.06 Å². The molecule has 0 aliphatic heterocycles. The number of hydrogen-bond acceptors (Lipinski definition) is 2. The first-order chi connectivity index (χ1) is 10.2. The fourth-order valence-electron chi connectivity index (χ4n) is 2.26. The number of nitrogens with zero attached hydrogens (tertiary/aromatic N) is 1. The van der Waals surface area contributed by atoms with Crippen molar-refractivity contribution < 1.29 is 5.21 Å². The molecule has 0 rings (SSSR count). The Labute approximate surface area is 135 Å². The van der Waals surface area contributed by atoms with Gasteiger partial charge in [0, 0.05) is 13.1 Å². The Morgan fingerprint density at radius 1 is 0.524 bits per heavy atom. The third kappa shape index (κ3) is 25.2. The van der Waals surface area contributed by atoms with Crippen LogP contribution in [0, 0.1) is 0 Å². The molecular formula is C19H43NO. The highest BCUT2D eigenvalue weighted by molar-refractivity contribution is 4.50. The topological polar surface area (TPSA) is 23.5 Å². The van der Waals surface area contributed by atoms with E-state index in [0.29, 0.717) is 0 Å². The van der Waals surface area contributed by atoms with E-state index in [-0.39, 0.29) is 0 Å². The van der Waals surface area contributed by atoms with E-state index < -0.39 is 0 Å². The average molecular weight is 302 g/mol. The summed E-state index contributed by atoms with van der Waals surface area (Å²) in [5.74, 6) is 0. The maximum Gasteiger partial charge on any atom is 0.0238 e. The second kappa shape index (κ2) is 22.2. The van der Waals surface area contributed by atoms with Crippen LogP contribution < -0.4 is 0 Å². The number of hydroxylamine groups is 2. The van der Waals surface area contributed by atoms with Crippen LogP contribution in [0.5, 0.6) is 0 Å². The fraction of sp³-hybridized carbons (Fsp3) is 1.00. The van der Waals surface area contributed by atoms with Crippen molar-refractivity contribution in [3.63, 3.8) is 0 Å². The van der Waals surface area contributed by atoms with Crippen LogP contribution in [-0.2, 0) is 0 Å². The molecule has 0 unspecified atom stereocenters. The maximum atomic E-state index is 9.69. The Balaban J connectivity index is 0. The Morgan fingerprint density at radius 2 is 0.810 bits per heavy atom. The Hall–Kier alpha value is -0.0800. The molecule has 0 aliphatic carbocycles. The lowest BCUT2D eigenvalue weighted by molar-refractivity contribution is -0.0925. The summed E-state index contributed by atoms with van der Waals surface area (Å²) in [5.41, 5.74) is 0. The van der Waals surface area contributed by atoms with Gasteiger partial charge in [-0.15, -0.1) is 0 Å². The molecule has 1 N–H and O–H groups in total. The first-order valence-electron chi connectivity index (χ1n) is 9.66. The molecular weight excluding hydrogens is 258 g/mol. The van der Waals surface area contributed by atoms with Crippen LogP contribution in [0.15, 0.2) is 0 Å². The van der Waals surface area contributed by atoms with Gasteiger partial charge in [-0.25, -0.2) is 0 Å². The van der Waals surface area contributed by atoms with Crippen LogP contribution in [0.2, 0.25) is 0 Å². The highest BCUT2D eigenvalue weighted by Crippen LogP contribution is 2.07. The van der Waals surface area contributed by atoms with Crippen molar-refractivity contribution in [1.29, 1.82) is 0 Å². The third-order valence-corrected chi connectivity index (χ3v) is 3.54. The molecule has 21 heavy (non-hydrogen) atoms. The highest BCUT2D eigenvalue weighted by Gasteiger charge is 2.00. The molecule has 2 nitrogen and oxygen atoms in total. The molecule has 130 valence electrons. The monoisotopic (exact) mass is 301 g/mol. The highest BCUT2D eigenvalue weighted by atomic mass is 16.5. The first kappa shape index (κ1) is 23.2. The van der Waals surface area contributed by atoms with E-state index in [1.807, 2.05) is 0 Å². The summed E-state index contributed by atoms with van der Waals surface area (Å²) in [6.07, 6.45) is 16.8. The third-order valence-electron chi connectivity index (χ3n) is 3.54. The summed E-state index contributed by atoms with van der Waals surface area (Å²) < 4.78 is 0. The van der Waals surface area contributed by atoms with Gasteiger partial charge in [-0.2, -0.15) is 5.06 Å². The van der Waals surface area contributed by atoms with Gasteiger partial charge in [-0.1, -0.05) is 98.3 Å². The zero-order valence-electron chi connectivity index (χ0n) is 15.5. The standard InChI is InChI=1S/C16H35NO.C3H8/c1-3-5-7-9-11-13-15-17(18)16-14-12-10-8-6-4-2;1-3-2/h18H,3-16H2,1-2H3;3H2,1-2H3. The van der Waals surface area contributed by atoms with Crippen molar-refractivity contribution in [2.45, 2.75) is 111 Å². The molecule has 0 atom stereocenters. The van der Waals surface area contributed by atoms with Gasteiger partial charge in [0.1, 0.15) is 0 Å². The van der Waals surface area contributed by atoms with Gasteiger partial charge < -0.3 is 5.21 Å². The van der Waals surface area contributed by atoms with Crippen molar-refractivity contribution in [2.75, 3.05) is 13.1 Å². The summed E-state index contributed by atoms with van der Waals surface area (Å²) in [6, 6.07) is 0. The molecule has 0 saturated carbocycles. The number of unbranched alkanes of at least 4 members (excludes halogenated alkanes) is 10. The minimum Gasteiger partial charge on any atom is -0.314 e. The van der Waals surface area contributed by atoms with Gasteiger partial charge in [-0.3, -0.25) is 0 Å². The average Bonchev–Trinajstić information content (AvgIpc) is 2.47. The summed E-state index contributed by atoms with van der Waals surface area (Å²) in [4.78, 5) is 0. The number of hydrogen-bond donors (Lipinski definition) is 1. The van der Waals surface area contributed by atoms with Crippen LogP contribution in [0.3, 0.4) is 0 Å². The van der Waals surface area contributed by atoms with Crippen LogP contribution in [0.1, 0.15) is 111 Å². The van der Waals surface area contributed by atoms with Gasteiger partial charge in [0.2, 0.25) is 0 Å². The summed E-state index contributed by atoms with van der Waals surface area (Å²) in [5, 5.41) is 11.2. The van der Waals surface area contributed by atoms with Gasteiger partial charge in [-0.05, 0) is 12.8 Å². The molecule has 0 spiro atoms. The minimum absolute atomic E-state index is 0.862. The van der Waals surface area contributed by atoms with E-state index in [1.165, 1.54) is 75.7 Å². The molecule has 0 aliphatic rings. The molecule has 0 aromatic rings. The zero-order valence-corrected chi connectivity index (χ0v) is 15.5. The molecule has 0 bridgehead atoms. The predicted molar refractivity (Wildman–Crippen MR) is 96.1 cm³/mol. The van der Waals surface area contributed by atoms with Gasteiger partial charge in [0.15, 0.2) is 0 Å². The molecule has 0 aromatic heterocycles. The predicted octanol–water partition coefficient (Wildman–Crippen LogP) is 6.81. The van der Waals surface area contributed by atoms with E-state index >= 15 is 0 Å². The van der Waals surface area contributed by atoms with Crippen LogP contribution in [0.4, 0.5) is 0 Å². The largest absolute Gasteiger partial charge is 0.314 e. The Kier molecular flexibility index (Phi) is 24.5. The van der Waals surface area contributed by atoms with Crippen molar-refractivity contribution in [3.05, 3.63) is 0 Å². The van der Waals surface area contributed by atoms with Gasteiger partial charge >= 0.3 is 0 Å². The van der Waals surface area contributed by atoms with Crippen LogP contribution in [-0.4, -0.2) is 23.4 Å². The lowest BCUT2D eigenvalue weighted by Crippen LogP contribution is -2.21. The lowest BCUT2D eigenvalue weighted by Gasteiger charge is -2.14. The maximum absolute atomic E-state index is 9.69. The fourth-order valence-corrected chi connectivity index (χ4v) is 2.26. The van der Waals surface area contributed by atoms with Gasteiger partial charge in [0.05, 0.1) is 0 Å². The molecule has 0 saturated heterocycles. The zero-order chi connectivity index (χ0) is 16.2. The second-order valence-corrected chi connectivity index (χ2v) is 6.20. The van der Waals surface area contributed by atoms with E-state index in [2.05, 4.69) is 27.7 Å².